The van der Waals surface area contributed by atoms with Gasteiger partial charge in [-0.3, -0.25) is 4.79 Å². The van der Waals surface area contributed by atoms with Gasteiger partial charge in [-0.15, -0.1) is 11.8 Å². The van der Waals surface area contributed by atoms with Crippen LogP contribution >= 0.6 is 11.8 Å². The zero-order valence-electron chi connectivity index (χ0n) is 10.3. The van der Waals surface area contributed by atoms with Crippen LogP contribution in [-0.4, -0.2) is 22.9 Å². The van der Waals surface area contributed by atoms with Crippen molar-refractivity contribution >= 4 is 17.7 Å². The summed E-state index contributed by atoms with van der Waals surface area (Å²) < 4.78 is 5.05. The number of rotatable bonds is 5. The Morgan fingerprint density at radius 2 is 1.94 bits per heavy atom. The van der Waals surface area contributed by atoms with Crippen LogP contribution in [0, 0.1) is 5.92 Å². The molecule has 0 aromatic heterocycles. The lowest BCUT2D eigenvalue weighted by molar-refractivity contribution is -0.143. The number of carbonyl (C=O) groups excluding carboxylic acids is 1. The highest BCUT2D eigenvalue weighted by molar-refractivity contribution is 8.00. The van der Waals surface area contributed by atoms with Gasteiger partial charge in [0.15, 0.2) is 0 Å². The quantitative estimate of drug-likeness (QED) is 0.648. The molecule has 1 aromatic carbocycles. The van der Waals surface area contributed by atoms with E-state index in [0.29, 0.717) is 6.61 Å². The third-order valence-electron chi connectivity index (χ3n) is 2.22. The van der Waals surface area contributed by atoms with Gasteiger partial charge in [0.1, 0.15) is 11.0 Å². The molecule has 4 heteroatoms. The number of benzene rings is 1. The van der Waals surface area contributed by atoms with Crippen molar-refractivity contribution in [3.63, 3.8) is 0 Å². The van der Waals surface area contributed by atoms with Crippen LogP contribution in [0.4, 0.5) is 0 Å². The van der Waals surface area contributed by atoms with Gasteiger partial charge >= 0.3 is 5.97 Å². The smallest absolute Gasteiger partial charge is 0.319 e. The van der Waals surface area contributed by atoms with E-state index in [4.69, 9.17) is 4.74 Å². The molecule has 3 nitrogen and oxygen atoms in total. The first kappa shape index (κ1) is 13.9. The fourth-order valence-corrected chi connectivity index (χ4v) is 2.37. The molecule has 0 amide bonds. The zero-order chi connectivity index (χ0) is 12.8. The van der Waals surface area contributed by atoms with Crippen molar-refractivity contribution < 1.29 is 14.6 Å². The van der Waals surface area contributed by atoms with Gasteiger partial charge in [0.05, 0.1) is 6.61 Å². The van der Waals surface area contributed by atoms with Crippen LogP contribution in [-0.2, 0) is 9.53 Å². The summed E-state index contributed by atoms with van der Waals surface area (Å²) in [5.41, 5.74) is 0. The maximum atomic E-state index is 11.8. The van der Waals surface area contributed by atoms with Crippen LogP contribution < -0.4 is 0 Å². The molecule has 0 fully saturated rings. The lowest BCUT2D eigenvalue weighted by atomic mass is 10.1. The van der Waals surface area contributed by atoms with E-state index in [1.807, 2.05) is 13.8 Å². The molecule has 1 aromatic rings. The van der Waals surface area contributed by atoms with E-state index < -0.39 is 0 Å². The Morgan fingerprint density at radius 1 is 1.35 bits per heavy atom. The molecule has 0 spiro atoms. The average molecular weight is 254 g/mol. The van der Waals surface area contributed by atoms with Gasteiger partial charge in [-0.1, -0.05) is 13.8 Å². The molecular formula is C13H18O3S. The molecule has 1 rings (SSSR count). The van der Waals surface area contributed by atoms with Crippen molar-refractivity contribution in [3.05, 3.63) is 24.3 Å². The second-order valence-electron chi connectivity index (χ2n) is 4.03. The summed E-state index contributed by atoms with van der Waals surface area (Å²) in [6, 6.07) is 6.83. The standard InChI is InChI=1S/C13H18O3S/c1-4-16-13(15)12(9(2)3)17-11-7-5-10(14)6-8-11/h5-9,12,14H,4H2,1-3H3. The molecule has 1 atom stereocenters. The second kappa shape index (κ2) is 6.55. The molecule has 0 radical (unpaired) electrons. The monoisotopic (exact) mass is 254 g/mol. The molecule has 0 saturated carbocycles. The summed E-state index contributed by atoms with van der Waals surface area (Å²) in [7, 11) is 0. The number of phenols is 1. The average Bonchev–Trinajstić information content (AvgIpc) is 2.28. The summed E-state index contributed by atoms with van der Waals surface area (Å²) in [6.07, 6.45) is 0. The number of hydrogen-bond donors (Lipinski definition) is 1. The van der Waals surface area contributed by atoms with Gasteiger partial charge in [0, 0.05) is 4.90 Å². The predicted octanol–water partition coefficient (Wildman–Crippen LogP) is 3.07. The van der Waals surface area contributed by atoms with Crippen molar-refractivity contribution in [3.8, 4) is 5.75 Å². The van der Waals surface area contributed by atoms with Crippen LogP contribution in [0.3, 0.4) is 0 Å². The molecule has 17 heavy (non-hydrogen) atoms. The highest BCUT2D eigenvalue weighted by atomic mass is 32.2. The molecule has 94 valence electrons. The topological polar surface area (TPSA) is 46.5 Å². The van der Waals surface area contributed by atoms with Crippen LogP contribution in [0.25, 0.3) is 0 Å². The zero-order valence-corrected chi connectivity index (χ0v) is 11.2. The van der Waals surface area contributed by atoms with E-state index in [-0.39, 0.29) is 22.9 Å². The van der Waals surface area contributed by atoms with Gasteiger partial charge in [0.2, 0.25) is 0 Å². The highest BCUT2D eigenvalue weighted by Crippen LogP contribution is 2.30. The lowest BCUT2D eigenvalue weighted by Crippen LogP contribution is -2.25. The Bertz CT molecular complexity index is 359. The first-order valence-electron chi connectivity index (χ1n) is 5.67. The van der Waals surface area contributed by atoms with Crippen molar-refractivity contribution in [1.29, 1.82) is 0 Å². The van der Waals surface area contributed by atoms with E-state index in [2.05, 4.69) is 0 Å². The molecular weight excluding hydrogens is 236 g/mol. The first-order valence-corrected chi connectivity index (χ1v) is 6.55. The maximum Gasteiger partial charge on any atom is 0.319 e. The summed E-state index contributed by atoms with van der Waals surface area (Å²) in [5, 5.41) is 8.98. The normalized spacial score (nSPS) is 12.5. The largest absolute Gasteiger partial charge is 0.508 e. The van der Waals surface area contributed by atoms with Gasteiger partial charge < -0.3 is 9.84 Å². The van der Waals surface area contributed by atoms with Gasteiger partial charge in [-0.2, -0.15) is 0 Å². The Kier molecular flexibility index (Phi) is 5.35. The van der Waals surface area contributed by atoms with E-state index in [1.165, 1.54) is 11.8 Å². The number of carbonyl (C=O) groups is 1. The minimum atomic E-state index is -0.209. The SMILES string of the molecule is CCOC(=O)C(Sc1ccc(O)cc1)C(C)C. The third-order valence-corrected chi connectivity index (χ3v) is 3.76. The molecule has 0 heterocycles. The van der Waals surface area contributed by atoms with Crippen LogP contribution in [0.5, 0.6) is 5.75 Å². The molecule has 0 aliphatic rings. The first-order chi connectivity index (χ1) is 8.04. The number of ether oxygens (including phenoxy) is 1. The maximum absolute atomic E-state index is 11.8. The fraction of sp³-hybridized carbons (Fsp3) is 0.462. The van der Waals surface area contributed by atoms with Crippen molar-refractivity contribution in [1.82, 2.24) is 0 Å². The second-order valence-corrected chi connectivity index (χ2v) is 5.24. The Hall–Kier alpha value is -1.16. The van der Waals surface area contributed by atoms with Gasteiger partial charge in [-0.25, -0.2) is 0 Å². The molecule has 1 unspecified atom stereocenters. The number of thioether (sulfide) groups is 1. The van der Waals surface area contributed by atoms with E-state index in [9.17, 15) is 9.90 Å². The van der Waals surface area contributed by atoms with Gasteiger partial charge in [-0.05, 0) is 37.1 Å². The minimum absolute atomic E-state index is 0.180. The highest BCUT2D eigenvalue weighted by Gasteiger charge is 2.24. The number of esters is 1. The van der Waals surface area contributed by atoms with Crippen LogP contribution in [0.1, 0.15) is 20.8 Å². The Balaban J connectivity index is 2.73. The van der Waals surface area contributed by atoms with Crippen molar-refractivity contribution in [2.75, 3.05) is 6.61 Å². The summed E-state index contributed by atoms with van der Waals surface area (Å²) in [4.78, 5) is 12.7. The number of phenolic OH excluding ortho intramolecular Hbond substituents is 1. The molecule has 0 aliphatic heterocycles. The third kappa shape index (κ3) is 4.30. The van der Waals surface area contributed by atoms with E-state index >= 15 is 0 Å². The molecule has 0 aliphatic carbocycles. The van der Waals surface area contributed by atoms with Crippen LogP contribution in [0.2, 0.25) is 0 Å². The number of aromatic hydroxyl groups is 1. The predicted molar refractivity (Wildman–Crippen MR) is 69.2 cm³/mol. The Morgan fingerprint density at radius 3 is 2.41 bits per heavy atom. The molecule has 1 N–H and O–H groups in total. The summed E-state index contributed by atoms with van der Waals surface area (Å²) in [5.74, 6) is 0.250. The van der Waals surface area contributed by atoms with E-state index in [0.717, 1.165) is 4.90 Å². The minimum Gasteiger partial charge on any atom is -0.508 e. The van der Waals surface area contributed by atoms with Gasteiger partial charge in [0.25, 0.3) is 0 Å². The number of hydrogen-bond acceptors (Lipinski definition) is 4. The van der Waals surface area contributed by atoms with E-state index in [1.54, 1.807) is 31.2 Å². The summed E-state index contributed by atoms with van der Waals surface area (Å²) in [6.45, 7) is 6.20. The fourth-order valence-electron chi connectivity index (χ4n) is 1.35. The lowest BCUT2D eigenvalue weighted by Gasteiger charge is -2.18. The summed E-state index contributed by atoms with van der Waals surface area (Å²) >= 11 is 1.47. The van der Waals surface area contributed by atoms with Crippen molar-refractivity contribution in [2.45, 2.75) is 30.9 Å². The Labute approximate surface area is 106 Å². The molecule has 0 bridgehead atoms. The molecule has 0 saturated heterocycles. The van der Waals surface area contributed by atoms with Crippen LogP contribution in [0.15, 0.2) is 29.2 Å². The van der Waals surface area contributed by atoms with Crippen molar-refractivity contribution in [2.24, 2.45) is 5.92 Å².